The van der Waals surface area contributed by atoms with Crippen LogP contribution in [0.3, 0.4) is 0 Å². The molecule has 1 aliphatic rings. The fraction of sp³-hybridized carbons (Fsp3) is 0.474. The van der Waals surface area contributed by atoms with Gasteiger partial charge in [0.25, 0.3) is 0 Å². The summed E-state index contributed by atoms with van der Waals surface area (Å²) in [5, 5.41) is 0.988. The van der Waals surface area contributed by atoms with Crippen molar-refractivity contribution >= 4 is 16.9 Å². The normalized spacial score (nSPS) is 16.4. The molecule has 1 aromatic heterocycles. The molecular weight excluding hydrogens is 306 g/mol. The predicted octanol–water partition coefficient (Wildman–Crippen LogP) is 2.88. The van der Waals surface area contributed by atoms with Crippen molar-refractivity contribution in [2.24, 2.45) is 5.92 Å². The Kier molecular flexibility index (Phi) is 5.00. The molecule has 1 saturated heterocycles. The number of hydrogen-bond acceptors (Lipinski definition) is 5. The summed E-state index contributed by atoms with van der Waals surface area (Å²) in [6.45, 7) is 6.65. The van der Waals surface area contributed by atoms with E-state index >= 15 is 0 Å². The van der Waals surface area contributed by atoms with Gasteiger partial charge in [-0.3, -0.25) is 9.69 Å². The van der Waals surface area contributed by atoms with Crippen molar-refractivity contribution in [3.8, 4) is 0 Å². The molecule has 0 radical (unpaired) electrons. The standard InChI is InChI=1S/C19H23NO4/c1-3-23-19(22)14-6-8-20(9-7-14)12-15-11-18(21)24-17-5-4-13(2)10-16(15)17/h4-5,10-11,14H,3,6-9,12H2,1-2H3. The first-order valence-corrected chi connectivity index (χ1v) is 8.49. The Hall–Kier alpha value is -2.14. The molecule has 0 saturated carbocycles. The van der Waals surface area contributed by atoms with E-state index in [2.05, 4.69) is 11.0 Å². The van der Waals surface area contributed by atoms with Crippen molar-refractivity contribution in [2.45, 2.75) is 33.2 Å². The number of aryl methyl sites for hydroxylation is 1. The molecule has 3 rings (SSSR count). The summed E-state index contributed by atoms with van der Waals surface area (Å²) in [4.78, 5) is 25.9. The van der Waals surface area contributed by atoms with E-state index in [4.69, 9.17) is 9.15 Å². The Morgan fingerprint density at radius 2 is 2.04 bits per heavy atom. The topological polar surface area (TPSA) is 59.8 Å². The number of likely N-dealkylation sites (tertiary alicyclic amines) is 1. The van der Waals surface area contributed by atoms with Crippen molar-refractivity contribution in [2.75, 3.05) is 19.7 Å². The Bertz CT molecular complexity index is 788. The Morgan fingerprint density at radius 1 is 1.29 bits per heavy atom. The minimum atomic E-state index is -0.317. The average molecular weight is 329 g/mol. The maximum atomic E-state index is 11.8. The summed E-state index contributed by atoms with van der Waals surface area (Å²) in [7, 11) is 0. The molecule has 2 aromatic rings. The lowest BCUT2D eigenvalue weighted by molar-refractivity contribution is -0.149. The fourth-order valence-electron chi connectivity index (χ4n) is 3.30. The molecule has 0 bridgehead atoms. The molecule has 5 nitrogen and oxygen atoms in total. The second-order valence-electron chi connectivity index (χ2n) is 6.39. The molecular formula is C19H23NO4. The third-order valence-electron chi connectivity index (χ3n) is 4.59. The van der Waals surface area contributed by atoms with Gasteiger partial charge in [0.1, 0.15) is 5.58 Å². The maximum Gasteiger partial charge on any atom is 0.336 e. The molecule has 0 atom stereocenters. The van der Waals surface area contributed by atoms with Gasteiger partial charge in [0.15, 0.2) is 0 Å². The van der Waals surface area contributed by atoms with Gasteiger partial charge >= 0.3 is 11.6 Å². The summed E-state index contributed by atoms with van der Waals surface area (Å²) < 4.78 is 10.4. The molecule has 0 spiro atoms. The van der Waals surface area contributed by atoms with Gasteiger partial charge in [0, 0.05) is 18.0 Å². The van der Waals surface area contributed by atoms with Crippen LogP contribution < -0.4 is 5.63 Å². The van der Waals surface area contributed by atoms with Crippen molar-refractivity contribution in [1.82, 2.24) is 4.90 Å². The predicted molar refractivity (Wildman–Crippen MR) is 91.9 cm³/mol. The van der Waals surface area contributed by atoms with E-state index in [-0.39, 0.29) is 17.5 Å². The Morgan fingerprint density at radius 3 is 2.75 bits per heavy atom. The second-order valence-corrected chi connectivity index (χ2v) is 6.39. The number of hydrogen-bond donors (Lipinski definition) is 0. The number of carbonyl (C=O) groups excluding carboxylic acids is 1. The summed E-state index contributed by atoms with van der Waals surface area (Å²) in [6.07, 6.45) is 1.61. The van der Waals surface area contributed by atoms with Crippen LogP contribution in [-0.2, 0) is 16.1 Å². The van der Waals surface area contributed by atoms with Crippen molar-refractivity contribution in [3.05, 3.63) is 45.8 Å². The molecule has 0 aliphatic carbocycles. The highest BCUT2D eigenvalue weighted by molar-refractivity contribution is 5.80. The number of ether oxygens (including phenoxy) is 1. The highest BCUT2D eigenvalue weighted by atomic mass is 16.5. The van der Waals surface area contributed by atoms with Crippen LogP contribution in [0.5, 0.6) is 0 Å². The molecule has 1 aliphatic heterocycles. The highest BCUT2D eigenvalue weighted by Crippen LogP contribution is 2.24. The summed E-state index contributed by atoms with van der Waals surface area (Å²) in [5.41, 5.74) is 2.44. The van der Waals surface area contributed by atoms with Crippen LogP contribution >= 0.6 is 0 Å². The van der Waals surface area contributed by atoms with E-state index in [0.717, 1.165) is 42.4 Å². The minimum Gasteiger partial charge on any atom is -0.466 e. The van der Waals surface area contributed by atoms with Gasteiger partial charge in [-0.25, -0.2) is 4.79 Å². The largest absolute Gasteiger partial charge is 0.466 e. The zero-order valence-corrected chi connectivity index (χ0v) is 14.2. The maximum absolute atomic E-state index is 11.8. The molecule has 1 fully saturated rings. The van der Waals surface area contributed by atoms with Gasteiger partial charge in [-0.05, 0) is 57.5 Å². The Labute approximate surface area is 141 Å². The van der Waals surface area contributed by atoms with Crippen LogP contribution in [0.2, 0.25) is 0 Å². The lowest BCUT2D eigenvalue weighted by Crippen LogP contribution is -2.36. The molecule has 0 unspecified atom stereocenters. The molecule has 24 heavy (non-hydrogen) atoms. The number of benzene rings is 1. The monoisotopic (exact) mass is 329 g/mol. The van der Waals surface area contributed by atoms with Crippen LogP contribution in [0.25, 0.3) is 11.0 Å². The lowest BCUT2D eigenvalue weighted by Gasteiger charge is -2.30. The number of piperidine rings is 1. The van der Waals surface area contributed by atoms with E-state index in [0.29, 0.717) is 18.7 Å². The van der Waals surface area contributed by atoms with Gasteiger partial charge in [-0.2, -0.15) is 0 Å². The smallest absolute Gasteiger partial charge is 0.336 e. The van der Waals surface area contributed by atoms with Gasteiger partial charge < -0.3 is 9.15 Å². The molecule has 2 heterocycles. The van der Waals surface area contributed by atoms with Crippen LogP contribution in [0.15, 0.2) is 33.5 Å². The number of nitrogens with zero attached hydrogens (tertiary/aromatic N) is 1. The van der Waals surface area contributed by atoms with Crippen LogP contribution in [0.4, 0.5) is 0 Å². The van der Waals surface area contributed by atoms with Gasteiger partial charge in [-0.15, -0.1) is 0 Å². The third kappa shape index (κ3) is 3.67. The summed E-state index contributed by atoms with van der Waals surface area (Å²) >= 11 is 0. The molecule has 0 N–H and O–H groups in total. The quantitative estimate of drug-likeness (QED) is 0.638. The van der Waals surface area contributed by atoms with Gasteiger partial charge in [-0.1, -0.05) is 11.6 Å². The van der Waals surface area contributed by atoms with Gasteiger partial charge in [0.05, 0.1) is 12.5 Å². The molecule has 128 valence electrons. The van der Waals surface area contributed by atoms with Gasteiger partial charge in [0.2, 0.25) is 0 Å². The summed E-state index contributed by atoms with van der Waals surface area (Å²) in [5.74, 6) is -0.0837. The minimum absolute atomic E-state index is 0.000955. The van der Waals surface area contributed by atoms with E-state index in [9.17, 15) is 9.59 Å². The van der Waals surface area contributed by atoms with Crippen LogP contribution in [0, 0.1) is 12.8 Å². The van der Waals surface area contributed by atoms with Crippen molar-refractivity contribution in [3.63, 3.8) is 0 Å². The number of rotatable bonds is 4. The Balaban J connectivity index is 1.73. The number of fused-ring (bicyclic) bond motifs is 1. The van der Waals surface area contributed by atoms with E-state index in [1.807, 2.05) is 26.0 Å². The fourth-order valence-corrected chi connectivity index (χ4v) is 3.30. The first-order valence-electron chi connectivity index (χ1n) is 8.49. The van der Waals surface area contributed by atoms with Crippen molar-refractivity contribution < 1.29 is 13.9 Å². The van der Waals surface area contributed by atoms with Crippen LogP contribution in [0.1, 0.15) is 30.9 Å². The second kappa shape index (κ2) is 7.18. The van der Waals surface area contributed by atoms with Crippen LogP contribution in [-0.4, -0.2) is 30.6 Å². The van der Waals surface area contributed by atoms with E-state index in [1.54, 1.807) is 6.07 Å². The number of carbonyl (C=O) groups is 1. The molecule has 0 amide bonds. The van der Waals surface area contributed by atoms with E-state index < -0.39 is 0 Å². The van der Waals surface area contributed by atoms with E-state index in [1.165, 1.54) is 0 Å². The zero-order chi connectivity index (χ0) is 17.1. The zero-order valence-electron chi connectivity index (χ0n) is 14.2. The first-order chi connectivity index (χ1) is 11.6. The molecule has 1 aromatic carbocycles. The average Bonchev–Trinajstić information content (AvgIpc) is 2.56. The molecule has 5 heteroatoms. The SMILES string of the molecule is CCOC(=O)C1CCN(Cc2cc(=O)oc3ccc(C)cc23)CC1. The number of esters is 1. The van der Waals surface area contributed by atoms with Crippen molar-refractivity contribution in [1.29, 1.82) is 0 Å². The summed E-state index contributed by atoms with van der Waals surface area (Å²) in [6, 6.07) is 7.43. The first kappa shape index (κ1) is 16.7. The lowest BCUT2D eigenvalue weighted by atomic mass is 9.96. The highest BCUT2D eigenvalue weighted by Gasteiger charge is 2.26. The third-order valence-corrected chi connectivity index (χ3v) is 4.59.